The van der Waals surface area contributed by atoms with Crippen molar-refractivity contribution in [2.75, 3.05) is 0 Å². The highest BCUT2D eigenvalue weighted by molar-refractivity contribution is 6.43. The first-order chi connectivity index (χ1) is 9.24. The monoisotopic (exact) mass is 292 g/mol. The van der Waals surface area contributed by atoms with Crippen molar-refractivity contribution in [2.45, 2.75) is 5.02 Å². The van der Waals surface area contributed by atoms with E-state index in [1.807, 2.05) is 42.6 Å². The van der Waals surface area contributed by atoms with Crippen molar-refractivity contribution in [3.63, 3.8) is 0 Å². The summed E-state index contributed by atoms with van der Waals surface area (Å²) in [4.78, 5) is 7.42. The van der Waals surface area contributed by atoms with Crippen LogP contribution in [-0.2, 0) is 0 Å². The van der Waals surface area contributed by atoms with Crippen LogP contribution >= 0.6 is 23.2 Å². The molecule has 1 N–H and O–H groups in total. The lowest BCUT2D eigenvalue weighted by molar-refractivity contribution is 0.354. The van der Waals surface area contributed by atoms with E-state index in [4.69, 9.17) is 27.9 Å². The highest BCUT2D eigenvalue weighted by Crippen LogP contribution is 2.29. The van der Waals surface area contributed by atoms with Crippen LogP contribution in [0.5, 0.6) is 5.75 Å². The highest BCUT2D eigenvalue weighted by atomic mass is 35.5. The van der Waals surface area contributed by atoms with Crippen LogP contribution in [0.1, 0.15) is 0 Å². The quantitative estimate of drug-likeness (QED) is 0.728. The smallest absolute Gasteiger partial charge is 0.247 e. The Balaban J connectivity index is 1.98. The SMILES string of the molecule is ClC(Cl)Oc1ccc(-c2c[nH]c3ncccc23)cc1. The van der Waals surface area contributed by atoms with Gasteiger partial charge in [0.25, 0.3) is 0 Å². The van der Waals surface area contributed by atoms with E-state index in [2.05, 4.69) is 9.97 Å². The average Bonchev–Trinajstić information content (AvgIpc) is 2.83. The fourth-order valence-electron chi connectivity index (χ4n) is 2.01. The highest BCUT2D eigenvalue weighted by Gasteiger charge is 2.07. The second kappa shape index (κ2) is 5.11. The average molecular weight is 293 g/mol. The van der Waals surface area contributed by atoms with Crippen LogP contribution in [0.25, 0.3) is 22.2 Å². The van der Waals surface area contributed by atoms with E-state index in [0.717, 1.165) is 22.2 Å². The number of nitrogens with one attached hydrogen (secondary N) is 1. The molecule has 2 heterocycles. The summed E-state index contributed by atoms with van der Waals surface area (Å²) in [6.07, 6.45) is 3.71. The third-order valence-corrected chi connectivity index (χ3v) is 3.02. The molecule has 5 heteroatoms. The maximum Gasteiger partial charge on any atom is 0.247 e. The van der Waals surface area contributed by atoms with E-state index in [9.17, 15) is 0 Å². The Kier molecular flexibility index (Phi) is 3.32. The van der Waals surface area contributed by atoms with Gasteiger partial charge >= 0.3 is 0 Å². The fourth-order valence-corrected chi connectivity index (χ4v) is 2.22. The zero-order valence-electron chi connectivity index (χ0n) is 9.81. The van der Waals surface area contributed by atoms with Gasteiger partial charge in [0.1, 0.15) is 11.4 Å². The number of rotatable bonds is 3. The lowest BCUT2D eigenvalue weighted by atomic mass is 10.1. The number of fused-ring (bicyclic) bond motifs is 1. The van der Waals surface area contributed by atoms with Gasteiger partial charge in [-0.3, -0.25) is 0 Å². The van der Waals surface area contributed by atoms with Crippen molar-refractivity contribution in [3.8, 4) is 16.9 Å². The molecule has 0 saturated carbocycles. The third-order valence-electron chi connectivity index (χ3n) is 2.84. The molecular formula is C14H10Cl2N2O. The second-order valence-corrected chi connectivity index (χ2v) is 5.02. The number of alkyl halides is 2. The van der Waals surface area contributed by atoms with E-state index in [-0.39, 0.29) is 0 Å². The van der Waals surface area contributed by atoms with Gasteiger partial charge in [0.2, 0.25) is 5.02 Å². The summed E-state index contributed by atoms with van der Waals surface area (Å²) in [5, 5.41) is 0.229. The summed E-state index contributed by atoms with van der Waals surface area (Å²) >= 11 is 11.1. The largest absolute Gasteiger partial charge is 0.461 e. The van der Waals surface area contributed by atoms with Gasteiger partial charge in [-0.05, 0) is 29.8 Å². The van der Waals surface area contributed by atoms with Crippen molar-refractivity contribution < 1.29 is 4.74 Å². The predicted molar refractivity (Wildman–Crippen MR) is 77.7 cm³/mol. The molecule has 96 valence electrons. The summed E-state index contributed by atoms with van der Waals surface area (Å²) in [7, 11) is 0. The molecule has 3 nitrogen and oxygen atoms in total. The first-order valence-corrected chi connectivity index (χ1v) is 6.58. The van der Waals surface area contributed by atoms with E-state index < -0.39 is 5.02 Å². The molecule has 2 aromatic heterocycles. The van der Waals surface area contributed by atoms with Crippen molar-refractivity contribution in [1.29, 1.82) is 0 Å². The number of H-pyrrole nitrogens is 1. The molecule has 0 fully saturated rings. The molecule has 0 saturated heterocycles. The summed E-state index contributed by atoms with van der Waals surface area (Å²) in [5.41, 5.74) is 3.05. The van der Waals surface area contributed by atoms with E-state index in [1.165, 1.54) is 0 Å². The molecule has 0 amide bonds. The van der Waals surface area contributed by atoms with Gasteiger partial charge < -0.3 is 9.72 Å². The number of aromatic amines is 1. The lowest BCUT2D eigenvalue weighted by Crippen LogP contribution is -1.98. The second-order valence-electron chi connectivity index (χ2n) is 4.00. The van der Waals surface area contributed by atoms with Crippen LogP contribution in [0.2, 0.25) is 0 Å². The molecule has 19 heavy (non-hydrogen) atoms. The first kappa shape index (κ1) is 12.3. The molecule has 0 radical (unpaired) electrons. The minimum Gasteiger partial charge on any atom is -0.461 e. The molecule has 3 aromatic rings. The van der Waals surface area contributed by atoms with Crippen LogP contribution in [0.3, 0.4) is 0 Å². The fraction of sp³-hybridized carbons (Fsp3) is 0.0714. The minimum absolute atomic E-state index is 0.636. The Bertz CT molecular complexity index is 692. The molecule has 0 aliphatic rings. The van der Waals surface area contributed by atoms with E-state index in [1.54, 1.807) is 6.20 Å². The third kappa shape index (κ3) is 2.53. The zero-order chi connectivity index (χ0) is 13.2. The van der Waals surface area contributed by atoms with E-state index in [0.29, 0.717) is 5.75 Å². The van der Waals surface area contributed by atoms with Gasteiger partial charge in [0.15, 0.2) is 0 Å². The van der Waals surface area contributed by atoms with Crippen molar-refractivity contribution in [1.82, 2.24) is 9.97 Å². The molecule has 0 spiro atoms. The summed E-state index contributed by atoms with van der Waals surface area (Å²) in [6.45, 7) is 0. The van der Waals surface area contributed by atoms with Gasteiger partial charge in [0.05, 0.1) is 0 Å². The molecule has 0 aliphatic heterocycles. The molecule has 0 unspecified atom stereocenters. The number of ether oxygens (including phenoxy) is 1. The van der Waals surface area contributed by atoms with Gasteiger partial charge in [-0.1, -0.05) is 35.3 Å². The molecule has 0 bridgehead atoms. The summed E-state index contributed by atoms with van der Waals surface area (Å²) in [5.74, 6) is 0.636. The molecule has 1 aromatic carbocycles. The van der Waals surface area contributed by atoms with Gasteiger partial charge in [-0.25, -0.2) is 4.98 Å². The zero-order valence-corrected chi connectivity index (χ0v) is 11.3. The van der Waals surface area contributed by atoms with Crippen molar-refractivity contribution in [2.24, 2.45) is 0 Å². The van der Waals surface area contributed by atoms with Crippen LogP contribution in [-0.4, -0.2) is 15.0 Å². The Labute approximate surface area is 120 Å². The van der Waals surface area contributed by atoms with Gasteiger partial charge in [-0.15, -0.1) is 0 Å². The van der Waals surface area contributed by atoms with Gasteiger partial charge in [0, 0.05) is 23.3 Å². The Morgan fingerprint density at radius 1 is 1.11 bits per heavy atom. The maximum atomic E-state index is 5.56. The molecule has 3 rings (SSSR count). The van der Waals surface area contributed by atoms with Crippen LogP contribution < -0.4 is 4.74 Å². The standard InChI is InChI=1S/C14H10Cl2N2O/c15-14(16)19-10-5-3-9(4-6-10)12-8-18-13-11(12)2-1-7-17-13/h1-8,14H,(H,17,18). The lowest BCUT2D eigenvalue weighted by Gasteiger charge is -2.06. The number of hydrogen-bond donors (Lipinski definition) is 1. The Morgan fingerprint density at radius 2 is 1.89 bits per heavy atom. The first-order valence-electron chi connectivity index (χ1n) is 5.71. The van der Waals surface area contributed by atoms with Crippen molar-refractivity contribution in [3.05, 3.63) is 48.8 Å². The van der Waals surface area contributed by atoms with Crippen LogP contribution in [0.15, 0.2) is 48.8 Å². The Hall–Kier alpha value is -1.71. The topological polar surface area (TPSA) is 37.9 Å². The number of benzene rings is 1. The molecular weight excluding hydrogens is 283 g/mol. The maximum absolute atomic E-state index is 5.56. The Morgan fingerprint density at radius 3 is 2.63 bits per heavy atom. The number of halogens is 2. The number of aromatic nitrogens is 2. The predicted octanol–water partition coefficient (Wildman–Crippen LogP) is 4.37. The van der Waals surface area contributed by atoms with Gasteiger partial charge in [-0.2, -0.15) is 0 Å². The van der Waals surface area contributed by atoms with Crippen LogP contribution in [0, 0.1) is 0 Å². The number of hydrogen-bond acceptors (Lipinski definition) is 2. The van der Waals surface area contributed by atoms with Crippen LogP contribution in [0.4, 0.5) is 0 Å². The normalized spacial score (nSPS) is 11.1. The minimum atomic E-state index is -0.858. The summed E-state index contributed by atoms with van der Waals surface area (Å²) in [6, 6.07) is 11.5. The van der Waals surface area contributed by atoms with E-state index >= 15 is 0 Å². The van der Waals surface area contributed by atoms with Crippen molar-refractivity contribution >= 4 is 34.2 Å². The number of nitrogens with zero attached hydrogens (tertiary/aromatic N) is 1. The molecule has 0 aliphatic carbocycles. The number of pyridine rings is 1. The molecule has 0 atom stereocenters. The summed E-state index contributed by atoms with van der Waals surface area (Å²) < 4.78 is 5.18.